The van der Waals surface area contributed by atoms with E-state index in [9.17, 15) is 18.0 Å². The highest BCUT2D eigenvalue weighted by atomic mass is 32.2. The first-order valence-electron chi connectivity index (χ1n) is 7.14. The van der Waals surface area contributed by atoms with Crippen LogP contribution in [0.25, 0.3) is 0 Å². The third-order valence-electron chi connectivity index (χ3n) is 3.19. The van der Waals surface area contributed by atoms with E-state index in [1.165, 1.54) is 12.1 Å². The van der Waals surface area contributed by atoms with E-state index in [4.69, 9.17) is 0 Å². The molecule has 2 amide bonds. The maximum Gasteiger partial charge on any atom is 0.324 e. The summed E-state index contributed by atoms with van der Waals surface area (Å²) < 4.78 is 24.0. The monoisotopic (exact) mass is 325 g/mol. The molecule has 0 aromatic heterocycles. The zero-order valence-corrected chi connectivity index (χ0v) is 13.1. The molecule has 1 aromatic rings. The fourth-order valence-electron chi connectivity index (χ4n) is 1.83. The number of carbonyl (C=O) groups is 2. The van der Waals surface area contributed by atoms with Crippen LogP contribution in [-0.4, -0.2) is 26.3 Å². The number of hydrogen-bond donors (Lipinski definition) is 3. The van der Waals surface area contributed by atoms with Crippen LogP contribution in [0.3, 0.4) is 0 Å². The minimum atomic E-state index is -3.90. The van der Waals surface area contributed by atoms with E-state index in [1.807, 2.05) is 17.2 Å². The first-order valence-corrected chi connectivity index (χ1v) is 8.62. The maximum atomic E-state index is 12.0. The molecule has 1 saturated carbocycles. The Morgan fingerprint density at radius 2 is 1.77 bits per heavy atom. The Hall–Kier alpha value is -1.93. The van der Waals surface area contributed by atoms with Gasteiger partial charge in [-0.3, -0.25) is 15.0 Å². The molecule has 0 atom stereocenters. The van der Waals surface area contributed by atoms with Crippen LogP contribution in [0.2, 0.25) is 0 Å². The van der Waals surface area contributed by atoms with Gasteiger partial charge in [-0.15, -0.1) is 4.83 Å². The quantitative estimate of drug-likeness (QED) is 0.514. The summed E-state index contributed by atoms with van der Waals surface area (Å²) in [6.45, 7) is 2.04. The van der Waals surface area contributed by atoms with Gasteiger partial charge in [-0.05, 0) is 37.0 Å². The summed E-state index contributed by atoms with van der Waals surface area (Å²) in [5.41, 5.74) is 2.94. The van der Waals surface area contributed by atoms with Gasteiger partial charge in [0.25, 0.3) is 10.0 Å². The maximum absolute atomic E-state index is 12.0. The highest BCUT2D eigenvalue weighted by molar-refractivity contribution is 7.89. The molecule has 0 aliphatic heterocycles. The van der Waals surface area contributed by atoms with Crippen molar-refractivity contribution in [3.63, 3.8) is 0 Å². The number of sulfonamides is 1. The van der Waals surface area contributed by atoms with E-state index in [0.29, 0.717) is 0 Å². The van der Waals surface area contributed by atoms with E-state index >= 15 is 0 Å². The van der Waals surface area contributed by atoms with Gasteiger partial charge < -0.3 is 5.32 Å². The van der Waals surface area contributed by atoms with Crippen LogP contribution in [0.4, 0.5) is 0 Å². The molecule has 7 nitrogen and oxygen atoms in total. The number of hydrogen-bond acceptors (Lipinski definition) is 4. The molecule has 1 aromatic carbocycles. The van der Waals surface area contributed by atoms with Crippen molar-refractivity contribution in [3.05, 3.63) is 29.8 Å². The second-order valence-corrected chi connectivity index (χ2v) is 6.88. The van der Waals surface area contributed by atoms with Gasteiger partial charge >= 0.3 is 11.8 Å². The highest BCUT2D eigenvalue weighted by Crippen LogP contribution is 2.18. The molecular formula is C14H19N3O4S. The lowest BCUT2D eigenvalue weighted by Crippen LogP contribution is -2.48. The van der Waals surface area contributed by atoms with Crippen molar-refractivity contribution in [2.75, 3.05) is 0 Å². The smallest absolute Gasteiger partial charge is 0.324 e. The number of aryl methyl sites for hydroxylation is 1. The first-order chi connectivity index (χ1) is 10.4. The van der Waals surface area contributed by atoms with Crippen molar-refractivity contribution in [1.29, 1.82) is 0 Å². The summed E-state index contributed by atoms with van der Waals surface area (Å²) >= 11 is 0. The molecule has 0 spiro atoms. The summed E-state index contributed by atoms with van der Waals surface area (Å²) in [5, 5.41) is 2.47. The SMILES string of the molecule is CCCc1ccc(S(=O)(=O)NNC(=O)C(=O)NC2CC2)cc1. The Bertz CT molecular complexity index is 651. The van der Waals surface area contributed by atoms with Gasteiger partial charge in [0.15, 0.2) is 0 Å². The molecule has 0 saturated heterocycles. The number of rotatable bonds is 6. The van der Waals surface area contributed by atoms with E-state index < -0.39 is 21.8 Å². The molecule has 3 N–H and O–H groups in total. The van der Waals surface area contributed by atoms with Crippen molar-refractivity contribution >= 4 is 21.8 Å². The number of amides is 2. The number of benzene rings is 1. The van der Waals surface area contributed by atoms with Crippen molar-refractivity contribution in [3.8, 4) is 0 Å². The lowest BCUT2D eigenvalue weighted by molar-refractivity contribution is -0.139. The topological polar surface area (TPSA) is 104 Å². The van der Waals surface area contributed by atoms with Crippen LogP contribution in [0, 0.1) is 0 Å². The molecule has 0 bridgehead atoms. The van der Waals surface area contributed by atoms with Gasteiger partial charge in [0.05, 0.1) is 4.90 Å². The lowest BCUT2D eigenvalue weighted by Gasteiger charge is -2.09. The Morgan fingerprint density at radius 1 is 1.14 bits per heavy atom. The number of carbonyl (C=O) groups excluding carboxylic acids is 2. The van der Waals surface area contributed by atoms with Crippen molar-refractivity contribution in [2.24, 2.45) is 0 Å². The van der Waals surface area contributed by atoms with Gasteiger partial charge in [0.2, 0.25) is 0 Å². The van der Waals surface area contributed by atoms with Crippen LogP contribution >= 0.6 is 0 Å². The van der Waals surface area contributed by atoms with Gasteiger partial charge in [0, 0.05) is 6.04 Å². The predicted molar refractivity (Wildman–Crippen MR) is 80.1 cm³/mol. The Balaban J connectivity index is 1.92. The van der Waals surface area contributed by atoms with Crippen LogP contribution in [-0.2, 0) is 26.0 Å². The van der Waals surface area contributed by atoms with E-state index in [1.54, 1.807) is 12.1 Å². The van der Waals surface area contributed by atoms with Gasteiger partial charge in [-0.1, -0.05) is 25.5 Å². The van der Waals surface area contributed by atoms with E-state index in [2.05, 4.69) is 5.32 Å². The summed E-state index contributed by atoms with van der Waals surface area (Å²) in [7, 11) is -3.90. The fourth-order valence-corrected chi connectivity index (χ4v) is 2.67. The Kier molecular flexibility index (Phi) is 5.15. The van der Waals surface area contributed by atoms with Gasteiger partial charge in [0.1, 0.15) is 0 Å². The van der Waals surface area contributed by atoms with Crippen LogP contribution in [0.1, 0.15) is 31.7 Å². The largest absolute Gasteiger partial charge is 0.345 e. The number of nitrogens with one attached hydrogen (secondary N) is 3. The second kappa shape index (κ2) is 6.89. The Morgan fingerprint density at radius 3 is 2.32 bits per heavy atom. The molecule has 8 heteroatoms. The first kappa shape index (κ1) is 16.4. The summed E-state index contributed by atoms with van der Waals surface area (Å²) in [6.07, 6.45) is 3.52. The highest BCUT2D eigenvalue weighted by Gasteiger charge is 2.27. The minimum absolute atomic E-state index is 0.0234. The van der Waals surface area contributed by atoms with E-state index in [0.717, 1.165) is 31.2 Å². The molecule has 0 unspecified atom stereocenters. The standard InChI is InChI=1S/C14H19N3O4S/c1-2-3-10-4-8-12(9-5-10)22(20,21)17-16-14(19)13(18)15-11-6-7-11/h4-5,8-9,11,17H,2-3,6-7H2,1H3,(H,15,18)(H,16,19). The van der Waals surface area contributed by atoms with Crippen LogP contribution < -0.4 is 15.6 Å². The summed E-state index contributed by atoms with van der Waals surface area (Å²) in [5.74, 6) is -1.87. The molecule has 1 aliphatic rings. The lowest BCUT2D eigenvalue weighted by atomic mass is 10.1. The van der Waals surface area contributed by atoms with Crippen LogP contribution in [0.5, 0.6) is 0 Å². The zero-order chi connectivity index (χ0) is 16.2. The molecule has 2 rings (SSSR count). The average molecular weight is 325 g/mol. The van der Waals surface area contributed by atoms with Gasteiger partial charge in [-0.2, -0.15) is 0 Å². The second-order valence-electron chi connectivity index (χ2n) is 5.20. The molecule has 1 fully saturated rings. The molecule has 0 heterocycles. The number of hydrazine groups is 1. The molecule has 1 aliphatic carbocycles. The van der Waals surface area contributed by atoms with Crippen molar-refractivity contribution in [1.82, 2.24) is 15.6 Å². The van der Waals surface area contributed by atoms with Crippen molar-refractivity contribution < 1.29 is 18.0 Å². The van der Waals surface area contributed by atoms with Crippen molar-refractivity contribution in [2.45, 2.75) is 43.5 Å². The third-order valence-corrected chi connectivity index (χ3v) is 4.45. The molecule has 120 valence electrons. The average Bonchev–Trinajstić information content (AvgIpc) is 3.29. The fraction of sp³-hybridized carbons (Fsp3) is 0.429. The third kappa shape index (κ3) is 4.54. The normalized spacial score (nSPS) is 14.4. The predicted octanol–water partition coefficient (Wildman–Crippen LogP) is 0.227. The summed E-state index contributed by atoms with van der Waals surface area (Å²) in [6, 6.07) is 6.40. The molecule has 0 radical (unpaired) electrons. The molecular weight excluding hydrogens is 306 g/mol. The zero-order valence-electron chi connectivity index (χ0n) is 12.3. The van der Waals surface area contributed by atoms with Crippen LogP contribution in [0.15, 0.2) is 29.2 Å². The summed E-state index contributed by atoms with van der Waals surface area (Å²) in [4.78, 5) is 24.8. The molecule has 22 heavy (non-hydrogen) atoms. The Labute approximate surface area is 129 Å². The van der Waals surface area contributed by atoms with Gasteiger partial charge in [-0.25, -0.2) is 8.42 Å². The minimum Gasteiger partial charge on any atom is -0.345 e. The van der Waals surface area contributed by atoms with E-state index in [-0.39, 0.29) is 10.9 Å².